The van der Waals surface area contributed by atoms with Crippen LogP contribution in [0.2, 0.25) is 5.02 Å². The molecule has 2 N–H and O–H groups in total. The van der Waals surface area contributed by atoms with Gasteiger partial charge < -0.3 is 5.73 Å². The molecule has 0 spiro atoms. The molecule has 0 aliphatic rings. The Morgan fingerprint density at radius 2 is 2.05 bits per heavy atom. The molecular formula is C17H19ClN2S. The van der Waals surface area contributed by atoms with Crippen molar-refractivity contribution in [2.45, 2.75) is 19.5 Å². The zero-order valence-electron chi connectivity index (χ0n) is 12.3. The molecule has 0 saturated heterocycles. The quantitative estimate of drug-likeness (QED) is 0.866. The van der Waals surface area contributed by atoms with Crippen LogP contribution in [-0.4, -0.2) is 18.5 Å². The normalized spacial score (nSPS) is 12.0. The summed E-state index contributed by atoms with van der Waals surface area (Å²) in [6.45, 7) is 3.45. The van der Waals surface area contributed by atoms with Crippen molar-refractivity contribution in [1.29, 1.82) is 0 Å². The molecule has 1 atom stereocenters. The lowest BCUT2D eigenvalue weighted by Crippen LogP contribution is -2.21. The van der Waals surface area contributed by atoms with Crippen LogP contribution in [0.15, 0.2) is 36.4 Å². The summed E-state index contributed by atoms with van der Waals surface area (Å²) in [5.41, 5.74) is 6.55. The second-order valence-corrected chi connectivity index (χ2v) is 6.46. The van der Waals surface area contributed by atoms with Gasteiger partial charge in [0.25, 0.3) is 0 Å². The van der Waals surface area contributed by atoms with E-state index in [2.05, 4.69) is 48.9 Å². The van der Waals surface area contributed by atoms with Crippen LogP contribution < -0.4 is 5.73 Å². The van der Waals surface area contributed by atoms with E-state index in [0.717, 1.165) is 22.0 Å². The summed E-state index contributed by atoms with van der Waals surface area (Å²) in [6, 6.07) is 12.4. The van der Waals surface area contributed by atoms with Gasteiger partial charge in [-0.3, -0.25) is 4.90 Å². The maximum Gasteiger partial charge on any atom is 0.0772 e. The summed E-state index contributed by atoms with van der Waals surface area (Å²) in [6.07, 6.45) is 0. The van der Waals surface area contributed by atoms with E-state index in [9.17, 15) is 0 Å². The highest BCUT2D eigenvalue weighted by molar-refractivity contribution is 7.12. The highest BCUT2D eigenvalue weighted by Crippen LogP contribution is 2.28. The van der Waals surface area contributed by atoms with Gasteiger partial charge in [0.2, 0.25) is 0 Å². The monoisotopic (exact) mass is 318 g/mol. The molecule has 1 heterocycles. The largest absolute Gasteiger partial charge is 0.320 e. The predicted molar refractivity (Wildman–Crippen MR) is 91.6 cm³/mol. The van der Waals surface area contributed by atoms with Gasteiger partial charge in [-0.05, 0) is 37.7 Å². The summed E-state index contributed by atoms with van der Waals surface area (Å²) in [7, 11) is 2.11. The Morgan fingerprint density at radius 1 is 1.29 bits per heavy atom. The first-order chi connectivity index (χ1) is 10.1. The van der Waals surface area contributed by atoms with Crippen molar-refractivity contribution in [2.24, 2.45) is 5.73 Å². The van der Waals surface area contributed by atoms with Crippen LogP contribution in [-0.2, 0) is 6.54 Å². The summed E-state index contributed by atoms with van der Waals surface area (Å²) < 4.78 is 0. The number of hydrogen-bond donors (Lipinski definition) is 1. The van der Waals surface area contributed by atoms with Crippen LogP contribution in [0.5, 0.6) is 0 Å². The lowest BCUT2D eigenvalue weighted by molar-refractivity contribution is 0.255. The second kappa shape index (κ2) is 7.63. The fourth-order valence-electron chi connectivity index (χ4n) is 2.10. The van der Waals surface area contributed by atoms with Gasteiger partial charge >= 0.3 is 0 Å². The van der Waals surface area contributed by atoms with Gasteiger partial charge in [0.1, 0.15) is 0 Å². The molecule has 0 radical (unpaired) electrons. The Balaban J connectivity index is 2.05. The average Bonchev–Trinajstić information content (AvgIpc) is 2.92. The van der Waals surface area contributed by atoms with Gasteiger partial charge in [-0.25, -0.2) is 0 Å². The first-order valence-electron chi connectivity index (χ1n) is 6.84. The van der Waals surface area contributed by atoms with Crippen LogP contribution in [0.25, 0.3) is 0 Å². The van der Waals surface area contributed by atoms with Crippen molar-refractivity contribution in [2.75, 3.05) is 13.6 Å². The van der Waals surface area contributed by atoms with Crippen molar-refractivity contribution in [3.8, 4) is 11.8 Å². The maximum absolute atomic E-state index is 6.27. The topological polar surface area (TPSA) is 29.3 Å². The third-order valence-corrected chi connectivity index (χ3v) is 4.73. The van der Waals surface area contributed by atoms with E-state index >= 15 is 0 Å². The van der Waals surface area contributed by atoms with Gasteiger partial charge in [0.15, 0.2) is 0 Å². The number of benzene rings is 1. The summed E-state index contributed by atoms with van der Waals surface area (Å²) in [4.78, 5) is 4.64. The van der Waals surface area contributed by atoms with Gasteiger partial charge in [-0.1, -0.05) is 41.6 Å². The summed E-state index contributed by atoms with van der Waals surface area (Å²) >= 11 is 7.99. The number of nitrogens with zero attached hydrogens (tertiary/aromatic N) is 1. The number of hydrogen-bond acceptors (Lipinski definition) is 3. The molecule has 1 aromatic carbocycles. The van der Waals surface area contributed by atoms with Crippen LogP contribution in [0.4, 0.5) is 0 Å². The molecule has 2 aromatic rings. The lowest BCUT2D eigenvalue weighted by atomic mass is 10.1. The Labute approximate surface area is 135 Å². The predicted octanol–water partition coefficient (Wildman–Crippen LogP) is 3.90. The Kier molecular flexibility index (Phi) is 5.84. The van der Waals surface area contributed by atoms with Crippen molar-refractivity contribution in [3.63, 3.8) is 0 Å². The van der Waals surface area contributed by atoms with Crippen LogP contribution in [0.3, 0.4) is 0 Å². The van der Waals surface area contributed by atoms with E-state index in [4.69, 9.17) is 17.3 Å². The molecular weight excluding hydrogens is 300 g/mol. The SMILES string of the molecule is CC(c1ccccc1Cl)N(C)Cc1ccc(C#CCN)s1. The van der Waals surface area contributed by atoms with Crippen molar-refractivity contribution in [1.82, 2.24) is 4.90 Å². The van der Waals surface area contributed by atoms with Crippen LogP contribution >= 0.6 is 22.9 Å². The Morgan fingerprint density at radius 3 is 2.76 bits per heavy atom. The fourth-order valence-corrected chi connectivity index (χ4v) is 3.34. The Bertz CT molecular complexity index is 654. The van der Waals surface area contributed by atoms with Crippen LogP contribution in [0, 0.1) is 11.8 Å². The molecule has 1 aromatic heterocycles. The average molecular weight is 319 g/mol. The van der Waals surface area contributed by atoms with E-state index in [-0.39, 0.29) is 6.04 Å². The smallest absolute Gasteiger partial charge is 0.0772 e. The highest BCUT2D eigenvalue weighted by Gasteiger charge is 2.15. The molecule has 0 aliphatic heterocycles. The van der Waals surface area contributed by atoms with Gasteiger partial charge in [0, 0.05) is 22.5 Å². The summed E-state index contributed by atoms with van der Waals surface area (Å²) in [5.74, 6) is 5.96. The van der Waals surface area contributed by atoms with Gasteiger partial charge in [0.05, 0.1) is 11.4 Å². The minimum Gasteiger partial charge on any atom is -0.320 e. The van der Waals surface area contributed by atoms with Crippen LogP contribution in [0.1, 0.15) is 28.3 Å². The molecule has 0 amide bonds. The molecule has 2 rings (SSSR count). The number of nitrogens with two attached hydrogens (primary N) is 1. The first kappa shape index (κ1) is 16.1. The van der Waals surface area contributed by atoms with Crippen molar-refractivity contribution < 1.29 is 0 Å². The minimum absolute atomic E-state index is 0.263. The van der Waals surface area contributed by atoms with E-state index in [1.54, 1.807) is 11.3 Å². The Hall–Kier alpha value is -1.31. The fraction of sp³-hybridized carbons (Fsp3) is 0.294. The number of rotatable bonds is 4. The van der Waals surface area contributed by atoms with Crippen molar-refractivity contribution in [3.05, 3.63) is 56.7 Å². The lowest BCUT2D eigenvalue weighted by Gasteiger charge is -2.25. The molecule has 1 unspecified atom stereocenters. The highest BCUT2D eigenvalue weighted by atomic mass is 35.5. The molecule has 4 heteroatoms. The molecule has 0 aliphatic carbocycles. The van der Waals surface area contributed by atoms with Crippen molar-refractivity contribution >= 4 is 22.9 Å². The zero-order chi connectivity index (χ0) is 15.2. The molecule has 110 valence electrons. The molecule has 0 bridgehead atoms. The van der Waals surface area contributed by atoms with E-state index in [0.29, 0.717) is 6.54 Å². The molecule has 2 nitrogen and oxygen atoms in total. The van der Waals surface area contributed by atoms with E-state index in [1.165, 1.54) is 4.88 Å². The molecule has 0 fully saturated rings. The van der Waals surface area contributed by atoms with Gasteiger partial charge in [-0.15, -0.1) is 11.3 Å². The molecule has 21 heavy (non-hydrogen) atoms. The van der Waals surface area contributed by atoms with E-state index < -0.39 is 0 Å². The zero-order valence-corrected chi connectivity index (χ0v) is 13.8. The third-order valence-electron chi connectivity index (χ3n) is 3.40. The maximum atomic E-state index is 6.27. The van der Waals surface area contributed by atoms with E-state index in [1.807, 2.05) is 18.2 Å². The second-order valence-electron chi connectivity index (χ2n) is 4.88. The minimum atomic E-state index is 0.263. The standard InChI is InChI=1S/C17H19ClN2S/c1-13(16-7-3-4-8-17(16)18)20(2)12-15-10-9-14(21-15)6-5-11-19/h3-4,7-10,13H,11-12,19H2,1-2H3. The summed E-state index contributed by atoms with van der Waals surface area (Å²) in [5, 5.41) is 0.817. The number of thiophene rings is 1. The molecule has 0 saturated carbocycles. The number of halogens is 1. The third kappa shape index (κ3) is 4.33. The van der Waals surface area contributed by atoms with Gasteiger partial charge in [-0.2, -0.15) is 0 Å². The first-order valence-corrected chi connectivity index (χ1v) is 8.03.